The van der Waals surface area contributed by atoms with Crippen LogP contribution in [0, 0.1) is 0 Å². The molecule has 2 aromatic carbocycles. The zero-order chi connectivity index (χ0) is 22.6. The van der Waals surface area contributed by atoms with Crippen LogP contribution in [0.2, 0.25) is 0 Å². The number of nitrogens with one attached hydrogen (secondary N) is 1. The van der Waals surface area contributed by atoms with E-state index in [0.29, 0.717) is 27.8 Å². The fourth-order valence-corrected chi connectivity index (χ4v) is 3.04. The minimum atomic E-state index is -0.616. The molecule has 0 aliphatic carbocycles. The molecular formula is C24H25NO6. The number of hydrogen-bond acceptors (Lipinski definition) is 6. The average molecular weight is 423 g/mol. The van der Waals surface area contributed by atoms with Gasteiger partial charge in [-0.1, -0.05) is 32.9 Å². The molecule has 0 aliphatic heterocycles. The summed E-state index contributed by atoms with van der Waals surface area (Å²) in [5.74, 6) is -0.437. The van der Waals surface area contributed by atoms with Crippen molar-refractivity contribution in [2.75, 3.05) is 13.7 Å². The molecule has 0 fully saturated rings. The van der Waals surface area contributed by atoms with Gasteiger partial charge in [0.05, 0.1) is 7.11 Å². The third kappa shape index (κ3) is 5.51. The number of esters is 1. The molecule has 0 saturated heterocycles. The molecule has 7 nitrogen and oxygen atoms in total. The van der Waals surface area contributed by atoms with Crippen LogP contribution in [0.4, 0.5) is 0 Å². The number of rotatable bonds is 6. The van der Waals surface area contributed by atoms with E-state index in [0.717, 1.165) is 5.56 Å². The predicted octanol–water partition coefficient (Wildman–Crippen LogP) is 3.57. The van der Waals surface area contributed by atoms with Crippen LogP contribution in [0.3, 0.4) is 0 Å². The highest BCUT2D eigenvalue weighted by Crippen LogP contribution is 2.23. The van der Waals surface area contributed by atoms with Crippen molar-refractivity contribution >= 4 is 22.8 Å². The highest BCUT2D eigenvalue weighted by atomic mass is 16.5. The van der Waals surface area contributed by atoms with Gasteiger partial charge in [0.15, 0.2) is 0 Å². The van der Waals surface area contributed by atoms with E-state index in [1.807, 2.05) is 12.1 Å². The molecule has 0 unspecified atom stereocenters. The molecule has 0 aliphatic rings. The van der Waals surface area contributed by atoms with Crippen LogP contribution in [0.1, 0.15) is 42.3 Å². The van der Waals surface area contributed by atoms with Crippen molar-refractivity contribution in [3.8, 4) is 5.75 Å². The van der Waals surface area contributed by atoms with Gasteiger partial charge in [-0.05, 0) is 35.2 Å². The summed E-state index contributed by atoms with van der Waals surface area (Å²) in [4.78, 5) is 36.2. The number of methoxy groups -OCH3 is 1. The molecule has 1 aromatic heterocycles. The first kappa shape index (κ1) is 22.1. The Morgan fingerprint density at radius 1 is 1.03 bits per heavy atom. The predicted molar refractivity (Wildman–Crippen MR) is 116 cm³/mol. The van der Waals surface area contributed by atoms with Crippen molar-refractivity contribution in [1.29, 1.82) is 0 Å². The Morgan fingerprint density at radius 3 is 2.39 bits per heavy atom. The number of fused-ring (bicyclic) bond motifs is 1. The zero-order valence-corrected chi connectivity index (χ0v) is 18.0. The smallest absolute Gasteiger partial charge is 0.336 e. The molecule has 162 valence electrons. The lowest BCUT2D eigenvalue weighted by Gasteiger charge is -2.19. The molecule has 31 heavy (non-hydrogen) atoms. The monoisotopic (exact) mass is 423 g/mol. The second-order valence-corrected chi connectivity index (χ2v) is 8.12. The maximum atomic E-state index is 12.3. The zero-order valence-electron chi connectivity index (χ0n) is 18.0. The van der Waals surface area contributed by atoms with E-state index < -0.39 is 11.6 Å². The fraction of sp³-hybridized carbons (Fsp3) is 0.292. The molecule has 1 heterocycles. The van der Waals surface area contributed by atoms with Gasteiger partial charge in [-0.25, -0.2) is 4.79 Å². The second-order valence-electron chi connectivity index (χ2n) is 8.12. The molecule has 1 amide bonds. The molecule has 7 heteroatoms. The number of carbonyl (C=O) groups is 2. The SMILES string of the molecule is COc1ccc2c(COC(=O)CNC(=O)c3ccc(C(C)(C)C)cc3)cc(=O)oc2c1. The molecule has 0 saturated carbocycles. The Labute approximate surface area is 180 Å². The van der Waals surface area contributed by atoms with E-state index >= 15 is 0 Å². The molecule has 1 N–H and O–H groups in total. The van der Waals surface area contributed by atoms with Gasteiger partial charge in [-0.2, -0.15) is 0 Å². The molecule has 0 spiro atoms. The Bertz CT molecular complexity index is 1160. The van der Waals surface area contributed by atoms with E-state index in [4.69, 9.17) is 13.9 Å². The fourth-order valence-electron chi connectivity index (χ4n) is 3.04. The minimum Gasteiger partial charge on any atom is -0.497 e. The Kier molecular flexibility index (Phi) is 6.44. The summed E-state index contributed by atoms with van der Waals surface area (Å²) in [5.41, 5.74) is 1.85. The third-order valence-corrected chi connectivity index (χ3v) is 4.83. The van der Waals surface area contributed by atoms with Gasteiger partial charge in [0, 0.05) is 28.6 Å². The van der Waals surface area contributed by atoms with E-state index in [-0.39, 0.29) is 24.5 Å². The van der Waals surface area contributed by atoms with Gasteiger partial charge >= 0.3 is 11.6 Å². The van der Waals surface area contributed by atoms with Gasteiger partial charge in [-0.3, -0.25) is 9.59 Å². The summed E-state index contributed by atoms with van der Waals surface area (Å²) in [6.07, 6.45) is 0. The highest BCUT2D eigenvalue weighted by molar-refractivity contribution is 5.96. The largest absolute Gasteiger partial charge is 0.497 e. The molecule has 0 atom stereocenters. The van der Waals surface area contributed by atoms with Crippen LogP contribution >= 0.6 is 0 Å². The summed E-state index contributed by atoms with van der Waals surface area (Å²) < 4.78 is 15.5. The van der Waals surface area contributed by atoms with Crippen LogP contribution < -0.4 is 15.7 Å². The van der Waals surface area contributed by atoms with E-state index in [1.54, 1.807) is 30.3 Å². The molecule has 0 radical (unpaired) electrons. The minimum absolute atomic E-state index is 0.0111. The first-order chi connectivity index (χ1) is 14.7. The lowest BCUT2D eigenvalue weighted by Crippen LogP contribution is -2.30. The molecular weight excluding hydrogens is 398 g/mol. The van der Waals surface area contributed by atoms with Crippen molar-refractivity contribution < 1.29 is 23.5 Å². The Balaban J connectivity index is 1.59. The number of hydrogen-bond donors (Lipinski definition) is 1. The topological polar surface area (TPSA) is 94.8 Å². The first-order valence-electron chi connectivity index (χ1n) is 9.82. The van der Waals surface area contributed by atoms with Gasteiger partial charge < -0.3 is 19.2 Å². The number of carbonyl (C=O) groups excluding carboxylic acids is 2. The van der Waals surface area contributed by atoms with Crippen molar-refractivity contribution in [3.05, 3.63) is 75.6 Å². The first-order valence-corrected chi connectivity index (χ1v) is 9.82. The molecule has 3 aromatic rings. The Hall–Kier alpha value is -3.61. The third-order valence-electron chi connectivity index (χ3n) is 4.83. The van der Waals surface area contributed by atoms with Crippen LogP contribution in [0.5, 0.6) is 5.75 Å². The summed E-state index contributed by atoms with van der Waals surface area (Å²) >= 11 is 0. The van der Waals surface area contributed by atoms with Crippen molar-refractivity contribution in [1.82, 2.24) is 5.32 Å². The molecule has 3 rings (SSSR count). The van der Waals surface area contributed by atoms with E-state index in [2.05, 4.69) is 26.1 Å². The average Bonchev–Trinajstić information content (AvgIpc) is 2.74. The standard InChI is InChI=1S/C24H25NO6/c1-24(2,3)17-7-5-15(6-8-17)23(28)25-13-22(27)30-14-16-11-21(26)31-20-12-18(29-4)9-10-19(16)20/h5-12H,13-14H2,1-4H3,(H,25,28). The van der Waals surface area contributed by atoms with Gasteiger partial charge in [-0.15, -0.1) is 0 Å². The van der Waals surface area contributed by atoms with Gasteiger partial charge in [0.2, 0.25) is 0 Å². The summed E-state index contributed by atoms with van der Waals surface area (Å²) in [6, 6.07) is 13.6. The van der Waals surface area contributed by atoms with Crippen LogP contribution in [0.15, 0.2) is 57.7 Å². The maximum absolute atomic E-state index is 12.3. The van der Waals surface area contributed by atoms with Crippen molar-refractivity contribution in [2.45, 2.75) is 32.8 Å². The van der Waals surface area contributed by atoms with Crippen molar-refractivity contribution in [2.24, 2.45) is 0 Å². The van der Waals surface area contributed by atoms with Gasteiger partial charge in [0.1, 0.15) is 24.5 Å². The van der Waals surface area contributed by atoms with Crippen LogP contribution in [0.25, 0.3) is 11.0 Å². The van der Waals surface area contributed by atoms with Crippen molar-refractivity contribution in [3.63, 3.8) is 0 Å². The lowest BCUT2D eigenvalue weighted by molar-refractivity contribution is -0.143. The van der Waals surface area contributed by atoms with E-state index in [9.17, 15) is 14.4 Å². The normalized spacial score (nSPS) is 11.2. The van der Waals surface area contributed by atoms with E-state index in [1.165, 1.54) is 13.2 Å². The summed E-state index contributed by atoms with van der Waals surface area (Å²) in [7, 11) is 1.51. The maximum Gasteiger partial charge on any atom is 0.336 e. The summed E-state index contributed by atoms with van der Waals surface area (Å²) in [6.45, 7) is 5.87. The number of ether oxygens (including phenoxy) is 2. The highest BCUT2D eigenvalue weighted by Gasteiger charge is 2.15. The van der Waals surface area contributed by atoms with Crippen LogP contribution in [-0.4, -0.2) is 25.5 Å². The molecule has 0 bridgehead atoms. The lowest BCUT2D eigenvalue weighted by atomic mass is 9.87. The van der Waals surface area contributed by atoms with Gasteiger partial charge in [0.25, 0.3) is 5.91 Å². The Morgan fingerprint density at radius 2 is 1.74 bits per heavy atom. The quantitative estimate of drug-likeness (QED) is 0.481. The van der Waals surface area contributed by atoms with Crippen LogP contribution in [-0.2, 0) is 21.6 Å². The number of benzene rings is 2. The number of amides is 1. The second kappa shape index (κ2) is 9.04. The summed E-state index contributed by atoms with van der Waals surface area (Å²) in [5, 5.41) is 3.18.